The molecule has 2 heteroatoms. The number of carbonyl (C=O) groups excluding carboxylic acids is 1. The molecule has 2 unspecified atom stereocenters. The van der Waals surface area contributed by atoms with Crippen molar-refractivity contribution >= 4 is 5.78 Å². The summed E-state index contributed by atoms with van der Waals surface area (Å²) in [6.07, 6.45) is 1.59. The zero-order valence-electron chi connectivity index (χ0n) is 6.55. The van der Waals surface area contributed by atoms with Crippen molar-refractivity contribution in [3.63, 3.8) is 0 Å². The zero-order valence-corrected chi connectivity index (χ0v) is 6.55. The van der Waals surface area contributed by atoms with Gasteiger partial charge in [0.2, 0.25) is 0 Å². The van der Waals surface area contributed by atoms with Gasteiger partial charge >= 0.3 is 0 Å². The summed E-state index contributed by atoms with van der Waals surface area (Å²) in [6.45, 7) is 5.55. The van der Waals surface area contributed by atoms with Crippen molar-refractivity contribution in [1.82, 2.24) is 0 Å². The van der Waals surface area contributed by atoms with Crippen LogP contribution in [-0.4, -0.2) is 18.0 Å². The normalized spacial score (nSPS) is 37.5. The highest BCUT2D eigenvalue weighted by Crippen LogP contribution is 2.20. The summed E-state index contributed by atoms with van der Waals surface area (Å²) in [5, 5.41) is 0. The first-order chi connectivity index (χ1) is 4.66. The molecule has 2 atom stereocenters. The summed E-state index contributed by atoms with van der Waals surface area (Å²) in [5.41, 5.74) is 0.813. The Morgan fingerprint density at radius 2 is 2.00 bits per heavy atom. The Morgan fingerprint density at radius 3 is 2.20 bits per heavy atom. The molecule has 0 amide bonds. The van der Waals surface area contributed by atoms with E-state index in [1.165, 1.54) is 0 Å². The molecule has 1 aliphatic heterocycles. The van der Waals surface area contributed by atoms with Gasteiger partial charge in [0.15, 0.2) is 5.78 Å². The number of Topliss-reactive ketones (excluding diaryl/α,β-unsaturated/α-hetero) is 1. The molecule has 1 saturated heterocycles. The third-order valence-corrected chi connectivity index (χ3v) is 1.81. The number of rotatable bonds is 0. The van der Waals surface area contributed by atoms with Crippen molar-refractivity contribution in [2.75, 3.05) is 0 Å². The molecule has 2 nitrogen and oxygen atoms in total. The van der Waals surface area contributed by atoms with Crippen molar-refractivity contribution in [2.24, 2.45) is 0 Å². The molecule has 1 rings (SSSR count). The average molecular weight is 140 g/mol. The largest absolute Gasteiger partial charge is 0.363 e. The number of ether oxygens (including phenoxy) is 1. The Hall–Kier alpha value is -0.630. The lowest BCUT2D eigenvalue weighted by atomic mass is 10.1. The molecule has 1 aliphatic rings. The highest BCUT2D eigenvalue weighted by atomic mass is 16.5. The molecule has 0 N–H and O–H groups in total. The van der Waals surface area contributed by atoms with Gasteiger partial charge in [-0.2, -0.15) is 0 Å². The van der Waals surface area contributed by atoms with E-state index in [1.54, 1.807) is 6.92 Å². The lowest BCUT2D eigenvalue weighted by Crippen LogP contribution is -2.09. The summed E-state index contributed by atoms with van der Waals surface area (Å²) in [7, 11) is 0. The number of allylic oxidation sites excluding steroid dienone is 1. The quantitative estimate of drug-likeness (QED) is 0.474. The van der Waals surface area contributed by atoms with E-state index in [1.807, 2.05) is 19.9 Å². The molecular formula is C8H12O2. The van der Waals surface area contributed by atoms with Gasteiger partial charge in [0.05, 0.1) is 6.10 Å². The van der Waals surface area contributed by atoms with E-state index in [0.717, 1.165) is 5.57 Å². The van der Waals surface area contributed by atoms with Gasteiger partial charge in [-0.1, -0.05) is 6.08 Å². The molecule has 1 heterocycles. The van der Waals surface area contributed by atoms with Gasteiger partial charge < -0.3 is 4.74 Å². The monoisotopic (exact) mass is 140 g/mol. The Balaban J connectivity index is 2.85. The Morgan fingerprint density at radius 1 is 1.40 bits per heavy atom. The van der Waals surface area contributed by atoms with Crippen molar-refractivity contribution in [2.45, 2.75) is 33.0 Å². The Labute approximate surface area is 60.9 Å². The van der Waals surface area contributed by atoms with E-state index in [4.69, 9.17) is 4.74 Å². The second-order valence-corrected chi connectivity index (χ2v) is 2.53. The van der Waals surface area contributed by atoms with E-state index in [9.17, 15) is 4.79 Å². The first-order valence-electron chi connectivity index (χ1n) is 3.52. The minimum absolute atomic E-state index is 0.00694. The second kappa shape index (κ2) is 2.54. The van der Waals surface area contributed by atoms with Gasteiger partial charge in [0.1, 0.15) is 6.10 Å². The molecule has 1 fully saturated rings. The van der Waals surface area contributed by atoms with Crippen LogP contribution in [0, 0.1) is 0 Å². The van der Waals surface area contributed by atoms with Crippen LogP contribution in [0.3, 0.4) is 0 Å². The molecular weight excluding hydrogens is 128 g/mol. The summed E-state index contributed by atoms with van der Waals surface area (Å²) >= 11 is 0. The molecule has 0 radical (unpaired) electrons. The Kier molecular flexibility index (Phi) is 1.90. The fraction of sp³-hybridized carbons (Fsp3) is 0.625. The van der Waals surface area contributed by atoms with E-state index in [0.29, 0.717) is 0 Å². The molecule has 0 aromatic rings. The lowest BCUT2D eigenvalue weighted by Gasteiger charge is -2.00. The van der Waals surface area contributed by atoms with Gasteiger partial charge in [-0.15, -0.1) is 0 Å². The molecule has 10 heavy (non-hydrogen) atoms. The number of hydrogen-bond donors (Lipinski definition) is 0. The van der Waals surface area contributed by atoms with E-state index in [2.05, 4.69) is 0 Å². The van der Waals surface area contributed by atoms with Crippen LogP contribution in [0.15, 0.2) is 11.6 Å². The van der Waals surface area contributed by atoms with Crippen LogP contribution < -0.4 is 0 Å². The number of hydrogen-bond acceptors (Lipinski definition) is 2. The summed E-state index contributed by atoms with van der Waals surface area (Å²) < 4.78 is 5.26. The van der Waals surface area contributed by atoms with Crippen molar-refractivity contribution in [3.8, 4) is 0 Å². The van der Waals surface area contributed by atoms with Crippen molar-refractivity contribution in [3.05, 3.63) is 11.6 Å². The molecule has 0 saturated carbocycles. The van der Waals surface area contributed by atoms with Gasteiger partial charge in [0.25, 0.3) is 0 Å². The molecule has 0 aliphatic carbocycles. The lowest BCUT2D eigenvalue weighted by molar-refractivity contribution is -0.120. The van der Waals surface area contributed by atoms with Crippen LogP contribution in [0.4, 0.5) is 0 Å². The minimum Gasteiger partial charge on any atom is -0.363 e. The minimum atomic E-state index is -0.235. The highest BCUT2D eigenvalue weighted by Gasteiger charge is 2.31. The fourth-order valence-corrected chi connectivity index (χ4v) is 1.25. The SMILES string of the molecule is C/C=C1/C(=O)C(C)OC1C. The molecule has 0 aromatic heterocycles. The topological polar surface area (TPSA) is 26.3 Å². The van der Waals surface area contributed by atoms with Crippen LogP contribution in [0.25, 0.3) is 0 Å². The van der Waals surface area contributed by atoms with Crippen molar-refractivity contribution < 1.29 is 9.53 Å². The zero-order chi connectivity index (χ0) is 7.72. The molecule has 0 spiro atoms. The van der Waals surface area contributed by atoms with E-state index < -0.39 is 0 Å². The van der Waals surface area contributed by atoms with Crippen LogP contribution in [0.2, 0.25) is 0 Å². The van der Waals surface area contributed by atoms with Gasteiger partial charge in [-0.25, -0.2) is 0 Å². The summed E-state index contributed by atoms with van der Waals surface area (Å²) in [6, 6.07) is 0. The van der Waals surface area contributed by atoms with E-state index in [-0.39, 0.29) is 18.0 Å². The molecule has 0 aromatic carbocycles. The van der Waals surface area contributed by atoms with Crippen LogP contribution in [0.5, 0.6) is 0 Å². The Bertz CT molecular complexity index is 182. The van der Waals surface area contributed by atoms with Crippen LogP contribution in [0.1, 0.15) is 20.8 Å². The first kappa shape index (κ1) is 7.48. The summed E-state index contributed by atoms with van der Waals surface area (Å²) in [5.74, 6) is 0.134. The maximum Gasteiger partial charge on any atom is 0.189 e. The van der Waals surface area contributed by atoms with Gasteiger partial charge in [0, 0.05) is 5.57 Å². The van der Waals surface area contributed by atoms with Crippen LogP contribution in [-0.2, 0) is 9.53 Å². The van der Waals surface area contributed by atoms with E-state index >= 15 is 0 Å². The van der Waals surface area contributed by atoms with Gasteiger partial charge in [-0.3, -0.25) is 4.79 Å². The van der Waals surface area contributed by atoms with Gasteiger partial charge in [-0.05, 0) is 20.8 Å². The highest BCUT2D eigenvalue weighted by molar-refractivity contribution is 6.01. The third-order valence-electron chi connectivity index (χ3n) is 1.81. The maximum atomic E-state index is 11.2. The predicted octanol–water partition coefficient (Wildman–Crippen LogP) is 1.31. The second-order valence-electron chi connectivity index (χ2n) is 2.53. The fourth-order valence-electron chi connectivity index (χ4n) is 1.25. The van der Waals surface area contributed by atoms with Crippen LogP contribution >= 0.6 is 0 Å². The first-order valence-corrected chi connectivity index (χ1v) is 3.52. The average Bonchev–Trinajstić information content (AvgIpc) is 2.09. The number of carbonyl (C=O) groups is 1. The third kappa shape index (κ3) is 0.991. The smallest absolute Gasteiger partial charge is 0.189 e. The standard InChI is InChI=1S/C8H12O2/c1-4-7-5(2)10-6(3)8(7)9/h4-6H,1-3H3/b7-4+. The summed E-state index contributed by atoms with van der Waals surface area (Å²) in [4.78, 5) is 11.2. The van der Waals surface area contributed by atoms with Crippen molar-refractivity contribution in [1.29, 1.82) is 0 Å². The predicted molar refractivity (Wildman–Crippen MR) is 38.8 cm³/mol. The molecule has 0 bridgehead atoms. The molecule has 56 valence electrons. The number of ketones is 1. The maximum absolute atomic E-state index is 11.2.